The average molecular weight is 294 g/mol. The number of rotatable bonds is 8. The molecule has 0 spiro atoms. The van der Waals surface area contributed by atoms with E-state index in [0.29, 0.717) is 30.1 Å². The van der Waals surface area contributed by atoms with Gasteiger partial charge in [0.05, 0.1) is 6.10 Å². The standard InChI is InChI=1S/C13H18ClF2NO2/c1-2-3-11(18)8-17-7-9-6-10(14)4-5-12(9)19-13(15)16/h4-6,11,13,17-18H,2-3,7-8H2,1H3. The number of aliphatic hydroxyl groups excluding tert-OH is 1. The summed E-state index contributed by atoms with van der Waals surface area (Å²) in [5.41, 5.74) is 0.538. The lowest BCUT2D eigenvalue weighted by molar-refractivity contribution is -0.0505. The maximum Gasteiger partial charge on any atom is 0.387 e. The average Bonchev–Trinajstić information content (AvgIpc) is 2.32. The molecule has 108 valence electrons. The molecule has 1 unspecified atom stereocenters. The molecule has 0 aliphatic rings. The second kappa shape index (κ2) is 8.30. The maximum absolute atomic E-state index is 12.2. The van der Waals surface area contributed by atoms with Gasteiger partial charge >= 0.3 is 6.61 Å². The summed E-state index contributed by atoms with van der Waals surface area (Å²) in [4.78, 5) is 0. The molecule has 19 heavy (non-hydrogen) atoms. The van der Waals surface area contributed by atoms with Crippen molar-refractivity contribution in [3.05, 3.63) is 28.8 Å². The summed E-state index contributed by atoms with van der Waals surface area (Å²) in [5, 5.41) is 13.0. The molecule has 0 aromatic heterocycles. The van der Waals surface area contributed by atoms with E-state index in [-0.39, 0.29) is 5.75 Å². The van der Waals surface area contributed by atoms with Crippen molar-refractivity contribution in [3.63, 3.8) is 0 Å². The predicted octanol–water partition coefficient (Wildman–Crippen LogP) is 3.19. The first-order chi connectivity index (χ1) is 9.02. The Morgan fingerprint density at radius 3 is 2.79 bits per heavy atom. The second-order valence-electron chi connectivity index (χ2n) is 4.20. The second-order valence-corrected chi connectivity index (χ2v) is 4.64. The Balaban J connectivity index is 2.57. The van der Waals surface area contributed by atoms with Crippen molar-refractivity contribution in [1.82, 2.24) is 5.32 Å². The van der Waals surface area contributed by atoms with Crippen LogP contribution < -0.4 is 10.1 Å². The summed E-state index contributed by atoms with van der Waals surface area (Å²) in [6.45, 7) is -0.183. The van der Waals surface area contributed by atoms with Gasteiger partial charge in [-0.05, 0) is 24.6 Å². The third-order valence-corrected chi connectivity index (χ3v) is 2.79. The molecule has 2 N–H and O–H groups in total. The number of ether oxygens (including phenoxy) is 1. The lowest BCUT2D eigenvalue weighted by Gasteiger charge is -2.14. The van der Waals surface area contributed by atoms with Gasteiger partial charge in [-0.1, -0.05) is 24.9 Å². The van der Waals surface area contributed by atoms with Crippen molar-refractivity contribution in [2.45, 2.75) is 39.0 Å². The summed E-state index contributed by atoms with van der Waals surface area (Å²) in [6, 6.07) is 4.47. The highest BCUT2D eigenvalue weighted by atomic mass is 35.5. The molecule has 0 heterocycles. The SMILES string of the molecule is CCCC(O)CNCc1cc(Cl)ccc1OC(F)F. The highest BCUT2D eigenvalue weighted by Crippen LogP contribution is 2.24. The normalized spacial score (nSPS) is 12.7. The zero-order chi connectivity index (χ0) is 14.3. The Kier molecular flexibility index (Phi) is 7.05. The van der Waals surface area contributed by atoms with Crippen molar-refractivity contribution < 1.29 is 18.6 Å². The van der Waals surface area contributed by atoms with Gasteiger partial charge in [0, 0.05) is 23.7 Å². The fourth-order valence-corrected chi connectivity index (χ4v) is 1.90. The first-order valence-corrected chi connectivity index (χ1v) is 6.52. The van der Waals surface area contributed by atoms with Crippen LogP contribution in [-0.4, -0.2) is 24.4 Å². The largest absolute Gasteiger partial charge is 0.434 e. The number of aliphatic hydroxyl groups is 1. The number of hydrogen-bond donors (Lipinski definition) is 2. The number of alkyl halides is 2. The molecular weight excluding hydrogens is 276 g/mol. The molecular formula is C13H18ClF2NO2. The topological polar surface area (TPSA) is 41.5 Å². The molecule has 1 aromatic carbocycles. The van der Waals surface area contributed by atoms with Crippen molar-refractivity contribution in [1.29, 1.82) is 0 Å². The van der Waals surface area contributed by atoms with Crippen LogP contribution in [0.2, 0.25) is 5.02 Å². The molecule has 1 rings (SSSR count). The summed E-state index contributed by atoms with van der Waals surface area (Å²) in [6.07, 6.45) is 1.14. The van der Waals surface area contributed by atoms with Crippen LogP contribution >= 0.6 is 11.6 Å². The molecule has 0 aliphatic heterocycles. The van der Waals surface area contributed by atoms with Gasteiger partial charge in [-0.3, -0.25) is 0 Å². The van der Waals surface area contributed by atoms with Gasteiger partial charge < -0.3 is 15.2 Å². The van der Waals surface area contributed by atoms with Crippen molar-refractivity contribution in [2.75, 3.05) is 6.54 Å². The van der Waals surface area contributed by atoms with E-state index in [1.807, 2.05) is 6.92 Å². The third-order valence-electron chi connectivity index (χ3n) is 2.56. The number of halogens is 3. The first kappa shape index (κ1) is 16.1. The maximum atomic E-state index is 12.2. The first-order valence-electron chi connectivity index (χ1n) is 6.15. The fraction of sp³-hybridized carbons (Fsp3) is 0.538. The van der Waals surface area contributed by atoms with E-state index in [1.165, 1.54) is 12.1 Å². The van der Waals surface area contributed by atoms with E-state index < -0.39 is 12.7 Å². The summed E-state index contributed by atoms with van der Waals surface area (Å²) in [7, 11) is 0. The molecule has 6 heteroatoms. The predicted molar refractivity (Wildman–Crippen MR) is 70.7 cm³/mol. The Morgan fingerprint density at radius 2 is 2.16 bits per heavy atom. The zero-order valence-electron chi connectivity index (χ0n) is 10.7. The van der Waals surface area contributed by atoms with Crippen molar-refractivity contribution >= 4 is 11.6 Å². The van der Waals surface area contributed by atoms with E-state index in [2.05, 4.69) is 10.1 Å². The van der Waals surface area contributed by atoms with E-state index >= 15 is 0 Å². The fourth-order valence-electron chi connectivity index (χ4n) is 1.71. The molecule has 0 amide bonds. The molecule has 0 radical (unpaired) electrons. The van der Waals surface area contributed by atoms with Gasteiger partial charge in [-0.25, -0.2) is 0 Å². The minimum Gasteiger partial charge on any atom is -0.434 e. The van der Waals surface area contributed by atoms with E-state index in [4.69, 9.17) is 11.6 Å². The van der Waals surface area contributed by atoms with E-state index in [1.54, 1.807) is 6.07 Å². The lowest BCUT2D eigenvalue weighted by Crippen LogP contribution is -2.26. The van der Waals surface area contributed by atoms with Gasteiger partial charge in [-0.15, -0.1) is 0 Å². The van der Waals surface area contributed by atoms with Crippen LogP contribution in [0.5, 0.6) is 5.75 Å². The van der Waals surface area contributed by atoms with Crippen molar-refractivity contribution in [3.8, 4) is 5.75 Å². The van der Waals surface area contributed by atoms with Crippen LogP contribution in [0.3, 0.4) is 0 Å². The number of nitrogens with one attached hydrogen (secondary N) is 1. The smallest absolute Gasteiger partial charge is 0.387 e. The molecule has 1 aromatic rings. The van der Waals surface area contributed by atoms with Gasteiger partial charge in [-0.2, -0.15) is 8.78 Å². The minimum atomic E-state index is -2.87. The molecule has 0 fully saturated rings. The molecule has 0 aliphatic carbocycles. The van der Waals surface area contributed by atoms with Crippen LogP contribution in [0.4, 0.5) is 8.78 Å². The molecule has 1 atom stereocenters. The van der Waals surface area contributed by atoms with Crippen LogP contribution in [0.1, 0.15) is 25.3 Å². The van der Waals surface area contributed by atoms with Crippen LogP contribution in [-0.2, 0) is 6.54 Å². The Morgan fingerprint density at radius 1 is 1.42 bits per heavy atom. The highest BCUT2D eigenvalue weighted by molar-refractivity contribution is 6.30. The monoisotopic (exact) mass is 293 g/mol. The molecule has 0 saturated heterocycles. The number of benzene rings is 1. The van der Waals surface area contributed by atoms with Crippen molar-refractivity contribution in [2.24, 2.45) is 0 Å². The van der Waals surface area contributed by atoms with Gasteiger partial charge in [0.1, 0.15) is 5.75 Å². The number of hydrogen-bond acceptors (Lipinski definition) is 3. The minimum absolute atomic E-state index is 0.0943. The molecule has 3 nitrogen and oxygen atoms in total. The van der Waals surface area contributed by atoms with E-state index in [9.17, 15) is 13.9 Å². The van der Waals surface area contributed by atoms with Crippen LogP contribution in [0.25, 0.3) is 0 Å². The third kappa shape index (κ3) is 6.18. The zero-order valence-corrected chi connectivity index (χ0v) is 11.5. The Labute approximate surface area is 116 Å². The Bertz CT molecular complexity index is 391. The molecule has 0 bridgehead atoms. The van der Waals surface area contributed by atoms with Crippen LogP contribution in [0, 0.1) is 0 Å². The Hall–Kier alpha value is -0.910. The van der Waals surface area contributed by atoms with Gasteiger partial charge in [0.15, 0.2) is 0 Å². The van der Waals surface area contributed by atoms with E-state index in [0.717, 1.165) is 6.42 Å². The van der Waals surface area contributed by atoms with Crippen LogP contribution in [0.15, 0.2) is 18.2 Å². The lowest BCUT2D eigenvalue weighted by atomic mass is 10.2. The van der Waals surface area contributed by atoms with Gasteiger partial charge in [0.2, 0.25) is 0 Å². The quantitative estimate of drug-likeness (QED) is 0.773. The highest BCUT2D eigenvalue weighted by Gasteiger charge is 2.10. The summed E-state index contributed by atoms with van der Waals surface area (Å²) >= 11 is 5.82. The molecule has 0 saturated carbocycles. The van der Waals surface area contributed by atoms with Gasteiger partial charge in [0.25, 0.3) is 0 Å². The summed E-state index contributed by atoms with van der Waals surface area (Å²) < 4.78 is 28.9. The summed E-state index contributed by atoms with van der Waals surface area (Å²) in [5.74, 6) is 0.0943.